The molecule has 0 aliphatic carbocycles. The van der Waals surface area contributed by atoms with Gasteiger partial charge in [0.05, 0.1) is 18.2 Å². The molecule has 4 heterocycles. The Morgan fingerprint density at radius 2 is 1.38 bits per heavy atom. The largest absolute Gasteiger partial charge is 0.391 e. The molecule has 0 radical (unpaired) electrons. The van der Waals surface area contributed by atoms with Gasteiger partial charge in [-0.25, -0.2) is 0 Å². The molecule has 2 amide bonds. The fourth-order valence-corrected chi connectivity index (χ4v) is 6.68. The van der Waals surface area contributed by atoms with Gasteiger partial charge in [0, 0.05) is 42.2 Å². The molecule has 4 aliphatic rings. The molecule has 0 saturated carbocycles. The zero-order valence-corrected chi connectivity index (χ0v) is 24.0. The standard InChI is InChI=1S/C29H40N4O6/c1-14(2)9-22(36)30-26-19(25(39)29(8)21(35)11-16(5)32(26)29)12-18-24(38)28(7)13-20(34)17(6)33(28)27(18)31-23(37)10-15(3)4/h9-10,16-17,20-21,34-35H,11-13H2,1-8H3,(H,30,36)(H,31,37)/t16-,17-,20-,21+,28-,29-/m0/s1. The van der Waals surface area contributed by atoms with Crippen molar-refractivity contribution >= 4 is 23.4 Å². The molecule has 212 valence electrons. The van der Waals surface area contributed by atoms with Crippen molar-refractivity contribution in [1.29, 1.82) is 0 Å². The second-order valence-electron chi connectivity index (χ2n) is 12.2. The van der Waals surface area contributed by atoms with E-state index in [2.05, 4.69) is 10.6 Å². The zero-order chi connectivity index (χ0) is 29.2. The maximum absolute atomic E-state index is 14.0. The first-order valence-corrected chi connectivity index (χ1v) is 13.5. The summed E-state index contributed by atoms with van der Waals surface area (Å²) in [6.07, 6.45) is 1.48. The van der Waals surface area contributed by atoms with Gasteiger partial charge in [0.15, 0.2) is 11.6 Å². The first-order chi connectivity index (χ1) is 18.0. The third-order valence-electron chi connectivity index (χ3n) is 8.48. The van der Waals surface area contributed by atoms with Crippen LogP contribution in [0.25, 0.3) is 0 Å². The van der Waals surface area contributed by atoms with Crippen LogP contribution >= 0.6 is 0 Å². The van der Waals surface area contributed by atoms with E-state index in [9.17, 15) is 29.4 Å². The van der Waals surface area contributed by atoms with E-state index >= 15 is 0 Å². The number of ketones is 2. The van der Waals surface area contributed by atoms with Gasteiger partial charge in [0.2, 0.25) is 11.8 Å². The van der Waals surface area contributed by atoms with Crippen LogP contribution in [0.3, 0.4) is 0 Å². The molecule has 0 bridgehead atoms. The van der Waals surface area contributed by atoms with Crippen molar-refractivity contribution in [3.05, 3.63) is 46.1 Å². The number of nitrogens with one attached hydrogen (secondary N) is 2. The number of aliphatic hydroxyl groups excluding tert-OH is 2. The van der Waals surface area contributed by atoms with Crippen LogP contribution in [-0.2, 0) is 19.2 Å². The van der Waals surface area contributed by atoms with E-state index in [4.69, 9.17) is 0 Å². The number of carbonyl (C=O) groups excluding carboxylic acids is 4. The monoisotopic (exact) mass is 540 g/mol. The Balaban J connectivity index is 1.86. The van der Waals surface area contributed by atoms with Crippen molar-refractivity contribution in [2.24, 2.45) is 0 Å². The molecule has 39 heavy (non-hydrogen) atoms. The average Bonchev–Trinajstić information content (AvgIpc) is 3.33. The Kier molecular flexibility index (Phi) is 7.19. The Morgan fingerprint density at radius 1 is 0.897 bits per heavy atom. The number of hydrogen-bond donors (Lipinski definition) is 4. The van der Waals surface area contributed by atoms with Crippen molar-refractivity contribution < 1.29 is 29.4 Å². The predicted octanol–water partition coefficient (Wildman–Crippen LogP) is 1.56. The molecule has 10 nitrogen and oxygen atoms in total. The van der Waals surface area contributed by atoms with Gasteiger partial charge in [0.25, 0.3) is 0 Å². The summed E-state index contributed by atoms with van der Waals surface area (Å²) < 4.78 is 0. The summed E-state index contributed by atoms with van der Waals surface area (Å²) in [5.74, 6) is -0.966. The first kappa shape index (κ1) is 28.8. The van der Waals surface area contributed by atoms with Crippen molar-refractivity contribution in [2.75, 3.05) is 0 Å². The van der Waals surface area contributed by atoms with Gasteiger partial charge in [-0.3, -0.25) is 19.2 Å². The maximum atomic E-state index is 14.0. The molecule has 4 N–H and O–H groups in total. The lowest BCUT2D eigenvalue weighted by atomic mass is 9.85. The number of Topliss-reactive ketones (excluding diaryl/α,β-unsaturated/α-hetero) is 2. The fourth-order valence-electron chi connectivity index (χ4n) is 6.68. The average molecular weight is 541 g/mol. The number of aliphatic hydroxyl groups is 2. The van der Waals surface area contributed by atoms with Crippen LogP contribution in [0.4, 0.5) is 0 Å². The van der Waals surface area contributed by atoms with Crippen LogP contribution in [0.2, 0.25) is 0 Å². The molecule has 10 heteroatoms. The second kappa shape index (κ2) is 9.75. The highest BCUT2D eigenvalue weighted by Crippen LogP contribution is 2.49. The molecule has 4 aliphatic heterocycles. The molecule has 0 aromatic carbocycles. The van der Waals surface area contributed by atoms with Gasteiger partial charge in [-0.15, -0.1) is 0 Å². The molecule has 4 rings (SSSR count). The topological polar surface area (TPSA) is 139 Å². The molecule has 0 aromatic rings. The van der Waals surface area contributed by atoms with Gasteiger partial charge in [-0.1, -0.05) is 11.1 Å². The van der Waals surface area contributed by atoms with Gasteiger partial charge in [0.1, 0.15) is 22.7 Å². The van der Waals surface area contributed by atoms with Crippen molar-refractivity contribution in [3.63, 3.8) is 0 Å². The third-order valence-corrected chi connectivity index (χ3v) is 8.48. The number of amides is 2. The Bertz CT molecular complexity index is 1270. The molecule has 6 atom stereocenters. The SMILES string of the molecule is CC(C)=CC(=O)NC1=C(CC2=C(NC(=O)C=C(C)C)N3[C@@H](C)C[C@@H](O)[C@@]3(C)C2=O)C(=O)[C@]2(C)C[C@H](O)[C@H](C)N12. The van der Waals surface area contributed by atoms with Gasteiger partial charge >= 0.3 is 0 Å². The third kappa shape index (κ3) is 4.43. The normalized spacial score (nSPS) is 33.5. The maximum Gasteiger partial charge on any atom is 0.249 e. The summed E-state index contributed by atoms with van der Waals surface area (Å²) in [6.45, 7) is 14.2. The molecule has 0 unspecified atom stereocenters. The predicted molar refractivity (Wildman–Crippen MR) is 144 cm³/mol. The quantitative estimate of drug-likeness (QED) is 0.372. The lowest BCUT2D eigenvalue weighted by molar-refractivity contribution is -0.126. The van der Waals surface area contributed by atoms with E-state index < -0.39 is 41.1 Å². The van der Waals surface area contributed by atoms with Gasteiger partial charge in [-0.05, 0) is 61.8 Å². The lowest BCUT2D eigenvalue weighted by Crippen LogP contribution is -2.52. The van der Waals surface area contributed by atoms with Gasteiger partial charge < -0.3 is 30.6 Å². The summed E-state index contributed by atoms with van der Waals surface area (Å²) in [6, 6.07) is -0.694. The molecular formula is C29H40N4O6. The fraction of sp³-hybridized carbons (Fsp3) is 0.586. The van der Waals surface area contributed by atoms with E-state index in [0.29, 0.717) is 6.42 Å². The minimum Gasteiger partial charge on any atom is -0.391 e. The van der Waals surface area contributed by atoms with E-state index in [-0.39, 0.29) is 53.2 Å². The van der Waals surface area contributed by atoms with Crippen molar-refractivity contribution in [1.82, 2.24) is 20.4 Å². The second-order valence-corrected chi connectivity index (χ2v) is 12.2. The van der Waals surface area contributed by atoms with Gasteiger partial charge in [-0.2, -0.15) is 0 Å². The molecule has 2 saturated heterocycles. The summed E-state index contributed by atoms with van der Waals surface area (Å²) in [5, 5.41) is 27.3. The summed E-state index contributed by atoms with van der Waals surface area (Å²) in [4.78, 5) is 57.1. The summed E-state index contributed by atoms with van der Waals surface area (Å²) in [5.41, 5.74) is -0.409. The number of fused-ring (bicyclic) bond motifs is 2. The Morgan fingerprint density at radius 3 is 1.90 bits per heavy atom. The number of rotatable bonds is 6. The smallest absolute Gasteiger partial charge is 0.249 e. The van der Waals surface area contributed by atoms with Crippen molar-refractivity contribution in [2.45, 2.75) is 110 Å². The van der Waals surface area contributed by atoms with Crippen LogP contribution in [-0.4, -0.2) is 78.8 Å². The Labute approximate surface area is 229 Å². The van der Waals surface area contributed by atoms with Crippen molar-refractivity contribution in [3.8, 4) is 0 Å². The highest BCUT2D eigenvalue weighted by Gasteiger charge is 2.62. The summed E-state index contributed by atoms with van der Waals surface area (Å²) >= 11 is 0. The van der Waals surface area contributed by atoms with Crippen LogP contribution in [0.5, 0.6) is 0 Å². The lowest BCUT2D eigenvalue weighted by Gasteiger charge is -2.34. The number of carbonyl (C=O) groups is 4. The molecular weight excluding hydrogens is 500 g/mol. The number of nitrogens with zero attached hydrogens (tertiary/aromatic N) is 2. The molecule has 2 fully saturated rings. The first-order valence-electron chi connectivity index (χ1n) is 13.5. The van der Waals surface area contributed by atoms with Crippen LogP contribution in [0.15, 0.2) is 46.1 Å². The van der Waals surface area contributed by atoms with E-state index in [0.717, 1.165) is 11.1 Å². The highest BCUT2D eigenvalue weighted by molar-refractivity contribution is 6.12. The van der Waals surface area contributed by atoms with Crippen LogP contribution in [0.1, 0.15) is 74.7 Å². The highest BCUT2D eigenvalue weighted by atomic mass is 16.3. The van der Waals surface area contributed by atoms with Crippen LogP contribution in [0, 0.1) is 0 Å². The molecule has 0 aromatic heterocycles. The van der Waals surface area contributed by atoms with E-state index in [1.807, 2.05) is 6.92 Å². The van der Waals surface area contributed by atoms with Crippen LogP contribution < -0.4 is 10.6 Å². The van der Waals surface area contributed by atoms with E-state index in [1.54, 1.807) is 58.3 Å². The number of allylic oxidation sites excluding steroid dienone is 2. The minimum atomic E-state index is -1.29. The Hall–Kier alpha value is -3.24. The molecule has 0 spiro atoms. The summed E-state index contributed by atoms with van der Waals surface area (Å²) in [7, 11) is 0. The zero-order valence-electron chi connectivity index (χ0n) is 24.0. The van der Waals surface area contributed by atoms with E-state index in [1.165, 1.54) is 12.2 Å². The number of hydrogen-bond acceptors (Lipinski definition) is 8. The minimum absolute atomic E-state index is 0.146.